The van der Waals surface area contributed by atoms with E-state index >= 15 is 0 Å². The van der Waals surface area contributed by atoms with Gasteiger partial charge in [0.15, 0.2) is 0 Å². The maximum Gasteiger partial charge on any atom is 0.129 e. The van der Waals surface area contributed by atoms with Crippen molar-refractivity contribution >= 4 is 5.82 Å². The van der Waals surface area contributed by atoms with E-state index in [1.165, 1.54) is 13.1 Å². The van der Waals surface area contributed by atoms with E-state index in [1.54, 1.807) is 0 Å². The predicted octanol–water partition coefficient (Wildman–Crippen LogP) is 0.801. The van der Waals surface area contributed by atoms with Gasteiger partial charge in [0, 0.05) is 44.5 Å². The van der Waals surface area contributed by atoms with Gasteiger partial charge in [-0.15, -0.1) is 0 Å². The molecule has 1 aliphatic heterocycles. The van der Waals surface area contributed by atoms with E-state index in [0.717, 1.165) is 49.9 Å². The Morgan fingerprint density at radius 2 is 2.06 bits per heavy atom. The number of anilines is 1. The van der Waals surface area contributed by atoms with Crippen LogP contribution in [0.3, 0.4) is 0 Å². The third kappa shape index (κ3) is 4.23. The molecule has 0 saturated carbocycles. The summed E-state index contributed by atoms with van der Waals surface area (Å²) in [6, 6.07) is 2.00. The van der Waals surface area contributed by atoms with Crippen LogP contribution in [0.25, 0.3) is 0 Å². The Balaban J connectivity index is 1.68. The summed E-state index contributed by atoms with van der Waals surface area (Å²) in [5, 5.41) is 6.74. The number of nitrogens with one attached hydrogen (secondary N) is 2. The largest absolute Gasteiger partial charge is 0.370 e. The second-order valence-electron chi connectivity index (χ2n) is 4.81. The number of piperazine rings is 1. The van der Waals surface area contributed by atoms with Crippen LogP contribution in [0.1, 0.15) is 17.9 Å². The molecule has 0 bridgehead atoms. The van der Waals surface area contributed by atoms with Gasteiger partial charge in [-0.25, -0.2) is 9.97 Å². The van der Waals surface area contributed by atoms with E-state index in [1.807, 2.05) is 19.9 Å². The molecule has 0 radical (unpaired) electrons. The van der Waals surface area contributed by atoms with E-state index in [0.29, 0.717) is 0 Å². The van der Waals surface area contributed by atoms with E-state index in [4.69, 9.17) is 0 Å². The van der Waals surface area contributed by atoms with Crippen molar-refractivity contribution in [1.82, 2.24) is 20.2 Å². The predicted molar refractivity (Wildman–Crippen MR) is 73.9 cm³/mol. The highest BCUT2D eigenvalue weighted by Crippen LogP contribution is 2.05. The number of hydrogen-bond donors (Lipinski definition) is 2. The molecule has 2 heterocycles. The van der Waals surface area contributed by atoms with Crippen molar-refractivity contribution in [3.05, 3.63) is 17.6 Å². The first-order chi connectivity index (χ1) is 8.74. The Bertz CT molecular complexity index is 353. The average molecular weight is 249 g/mol. The zero-order chi connectivity index (χ0) is 12.8. The SMILES string of the molecule is Cc1cc(NCCCN2CCNCC2)nc(C)n1. The van der Waals surface area contributed by atoms with Crippen molar-refractivity contribution in [1.29, 1.82) is 0 Å². The van der Waals surface area contributed by atoms with Gasteiger partial charge >= 0.3 is 0 Å². The summed E-state index contributed by atoms with van der Waals surface area (Å²) in [5.41, 5.74) is 1.02. The van der Waals surface area contributed by atoms with Crippen molar-refractivity contribution in [2.24, 2.45) is 0 Å². The highest BCUT2D eigenvalue weighted by molar-refractivity contribution is 5.35. The monoisotopic (exact) mass is 249 g/mol. The van der Waals surface area contributed by atoms with E-state index in [9.17, 15) is 0 Å². The average Bonchev–Trinajstić information content (AvgIpc) is 2.35. The molecule has 1 aromatic rings. The molecule has 0 amide bonds. The number of nitrogens with zero attached hydrogens (tertiary/aromatic N) is 3. The van der Waals surface area contributed by atoms with Crippen LogP contribution >= 0.6 is 0 Å². The van der Waals surface area contributed by atoms with Gasteiger partial charge in [-0.3, -0.25) is 0 Å². The Morgan fingerprint density at radius 1 is 1.28 bits per heavy atom. The van der Waals surface area contributed by atoms with Crippen LogP contribution in [0.5, 0.6) is 0 Å². The zero-order valence-corrected chi connectivity index (χ0v) is 11.4. The van der Waals surface area contributed by atoms with Crippen LogP contribution in [-0.2, 0) is 0 Å². The second kappa shape index (κ2) is 6.66. The summed E-state index contributed by atoms with van der Waals surface area (Å²) >= 11 is 0. The van der Waals surface area contributed by atoms with Gasteiger partial charge in [0.1, 0.15) is 11.6 Å². The van der Waals surface area contributed by atoms with Crippen LogP contribution in [-0.4, -0.2) is 54.1 Å². The van der Waals surface area contributed by atoms with Gasteiger partial charge < -0.3 is 15.5 Å². The standard InChI is InChI=1S/C13H23N5/c1-11-10-13(17-12(2)16-11)15-4-3-7-18-8-5-14-6-9-18/h10,14H,3-9H2,1-2H3,(H,15,16,17). The molecule has 5 heteroatoms. The zero-order valence-electron chi connectivity index (χ0n) is 11.4. The van der Waals surface area contributed by atoms with E-state index in [-0.39, 0.29) is 0 Å². The van der Waals surface area contributed by atoms with Crippen molar-refractivity contribution in [3.8, 4) is 0 Å². The van der Waals surface area contributed by atoms with Gasteiger partial charge in [0.2, 0.25) is 0 Å². The molecule has 1 aromatic heterocycles. The minimum absolute atomic E-state index is 0.833. The molecule has 1 fully saturated rings. The molecule has 1 saturated heterocycles. The van der Waals surface area contributed by atoms with Crippen LogP contribution in [0.2, 0.25) is 0 Å². The number of aryl methyl sites for hydroxylation is 2. The summed E-state index contributed by atoms with van der Waals surface area (Å²) in [6.45, 7) is 10.7. The van der Waals surface area contributed by atoms with Gasteiger partial charge in [-0.2, -0.15) is 0 Å². The first kappa shape index (κ1) is 13.2. The topological polar surface area (TPSA) is 53.1 Å². The van der Waals surface area contributed by atoms with Crippen molar-refractivity contribution in [2.75, 3.05) is 44.6 Å². The van der Waals surface area contributed by atoms with Crippen molar-refractivity contribution in [3.63, 3.8) is 0 Å². The van der Waals surface area contributed by atoms with Crippen molar-refractivity contribution in [2.45, 2.75) is 20.3 Å². The van der Waals surface area contributed by atoms with Crippen LogP contribution in [0.15, 0.2) is 6.07 Å². The molecule has 100 valence electrons. The Morgan fingerprint density at radius 3 is 2.78 bits per heavy atom. The number of hydrogen-bond acceptors (Lipinski definition) is 5. The fourth-order valence-corrected chi connectivity index (χ4v) is 2.26. The normalized spacial score (nSPS) is 16.8. The maximum atomic E-state index is 4.37. The van der Waals surface area contributed by atoms with Gasteiger partial charge in [-0.1, -0.05) is 0 Å². The summed E-state index contributed by atoms with van der Waals surface area (Å²) < 4.78 is 0. The Hall–Kier alpha value is -1.20. The summed E-state index contributed by atoms with van der Waals surface area (Å²) in [6.07, 6.45) is 1.15. The smallest absolute Gasteiger partial charge is 0.129 e. The van der Waals surface area contributed by atoms with Gasteiger partial charge in [0.05, 0.1) is 0 Å². The Kier molecular flexibility index (Phi) is 4.90. The summed E-state index contributed by atoms with van der Waals surface area (Å²) in [5.74, 6) is 1.78. The molecule has 5 nitrogen and oxygen atoms in total. The first-order valence-corrected chi connectivity index (χ1v) is 6.73. The lowest BCUT2D eigenvalue weighted by atomic mass is 10.3. The second-order valence-corrected chi connectivity index (χ2v) is 4.81. The molecular weight excluding hydrogens is 226 g/mol. The number of rotatable bonds is 5. The lowest BCUT2D eigenvalue weighted by Gasteiger charge is -2.27. The minimum atomic E-state index is 0.833. The summed E-state index contributed by atoms with van der Waals surface area (Å²) in [7, 11) is 0. The molecular formula is C13H23N5. The molecule has 0 atom stereocenters. The van der Waals surface area contributed by atoms with Crippen LogP contribution < -0.4 is 10.6 Å². The minimum Gasteiger partial charge on any atom is -0.370 e. The third-order valence-electron chi connectivity index (χ3n) is 3.13. The molecule has 0 aromatic carbocycles. The molecule has 0 aliphatic carbocycles. The fraction of sp³-hybridized carbons (Fsp3) is 0.692. The molecule has 2 rings (SSSR count). The summed E-state index contributed by atoms with van der Waals surface area (Å²) in [4.78, 5) is 11.2. The molecule has 0 spiro atoms. The Labute approximate surface area is 109 Å². The van der Waals surface area contributed by atoms with E-state index < -0.39 is 0 Å². The molecule has 2 N–H and O–H groups in total. The van der Waals surface area contributed by atoms with Gasteiger partial charge in [0.25, 0.3) is 0 Å². The molecule has 1 aliphatic rings. The van der Waals surface area contributed by atoms with E-state index in [2.05, 4.69) is 25.5 Å². The van der Waals surface area contributed by atoms with Crippen LogP contribution in [0.4, 0.5) is 5.82 Å². The third-order valence-corrected chi connectivity index (χ3v) is 3.13. The van der Waals surface area contributed by atoms with Crippen molar-refractivity contribution < 1.29 is 0 Å². The highest BCUT2D eigenvalue weighted by Gasteiger charge is 2.08. The van der Waals surface area contributed by atoms with Crippen LogP contribution in [0, 0.1) is 13.8 Å². The number of aromatic nitrogens is 2. The molecule has 18 heavy (non-hydrogen) atoms. The maximum absolute atomic E-state index is 4.37. The van der Waals surface area contributed by atoms with Gasteiger partial charge in [-0.05, 0) is 26.8 Å². The lowest BCUT2D eigenvalue weighted by molar-refractivity contribution is 0.240. The fourth-order valence-electron chi connectivity index (χ4n) is 2.26. The molecule has 0 unspecified atom stereocenters. The first-order valence-electron chi connectivity index (χ1n) is 6.73. The quantitative estimate of drug-likeness (QED) is 0.756. The highest BCUT2D eigenvalue weighted by atomic mass is 15.2. The lowest BCUT2D eigenvalue weighted by Crippen LogP contribution is -2.44.